The molecule has 1 aliphatic heterocycles. The van der Waals surface area contributed by atoms with Crippen LogP contribution in [0.5, 0.6) is 0 Å². The summed E-state index contributed by atoms with van der Waals surface area (Å²) in [5.41, 5.74) is 3.33. The fourth-order valence-electron chi connectivity index (χ4n) is 5.34. The molecule has 5 aromatic carbocycles. The van der Waals surface area contributed by atoms with E-state index in [0.29, 0.717) is 0 Å². The zero-order valence-electron chi connectivity index (χ0n) is 18.3. The lowest BCUT2D eigenvalue weighted by Crippen LogP contribution is -2.01. The second-order valence-corrected chi connectivity index (χ2v) is 9.89. The maximum atomic E-state index is 13.2. The van der Waals surface area contributed by atoms with Gasteiger partial charge in [-0.15, -0.1) is 0 Å². The fourth-order valence-corrected chi connectivity index (χ4v) is 6.58. The number of hydrogen-bond acceptors (Lipinski definition) is 1. The Morgan fingerprint density at radius 3 is 2.18 bits per heavy atom. The summed E-state index contributed by atoms with van der Waals surface area (Å²) in [5.74, 6) is 0. The van der Waals surface area contributed by atoms with Gasteiger partial charge in [-0.3, -0.25) is 4.79 Å². The van der Waals surface area contributed by atoms with E-state index >= 15 is 0 Å². The van der Waals surface area contributed by atoms with E-state index in [2.05, 4.69) is 103 Å². The molecule has 34 heavy (non-hydrogen) atoms. The average Bonchev–Trinajstić information content (AvgIpc) is 3.04. The van der Waals surface area contributed by atoms with Crippen LogP contribution in [0.25, 0.3) is 64.8 Å². The minimum absolute atomic E-state index is 0.0851. The molecule has 2 aliphatic rings. The molecule has 1 heterocycles. The lowest BCUT2D eigenvalue weighted by Gasteiger charge is -2.12. The van der Waals surface area contributed by atoms with Gasteiger partial charge in [-0.05, 0) is 61.6 Å². The zero-order chi connectivity index (χ0) is 22.6. The summed E-state index contributed by atoms with van der Waals surface area (Å²) in [6.45, 7) is 0. The van der Waals surface area contributed by atoms with Crippen molar-refractivity contribution in [1.29, 1.82) is 0 Å². The maximum Gasteiger partial charge on any atom is 0.187 e. The van der Waals surface area contributed by atoms with E-state index < -0.39 is 0 Å². The highest BCUT2D eigenvalue weighted by atomic mass is 31.0. The highest BCUT2D eigenvalue weighted by molar-refractivity contribution is 7.40. The minimum atomic E-state index is 0.0851. The predicted molar refractivity (Wildman–Crippen MR) is 147 cm³/mol. The smallest absolute Gasteiger partial charge is 0.187 e. The van der Waals surface area contributed by atoms with E-state index in [1.165, 1.54) is 43.2 Å². The van der Waals surface area contributed by atoms with E-state index in [0.717, 1.165) is 29.8 Å². The van der Waals surface area contributed by atoms with Gasteiger partial charge in [0.1, 0.15) is 0 Å². The summed E-state index contributed by atoms with van der Waals surface area (Å²) < 4.78 is 0. The molecule has 1 aliphatic carbocycles. The second kappa shape index (κ2) is 7.48. The first kappa shape index (κ1) is 19.4. The van der Waals surface area contributed by atoms with Gasteiger partial charge >= 0.3 is 0 Å². The second-order valence-electron chi connectivity index (χ2n) is 8.70. The number of benzene rings is 6. The van der Waals surface area contributed by atoms with Crippen molar-refractivity contribution in [2.24, 2.45) is 0 Å². The molecule has 0 fully saturated rings. The molecule has 0 amide bonds. The van der Waals surface area contributed by atoms with Crippen molar-refractivity contribution in [1.82, 2.24) is 0 Å². The van der Waals surface area contributed by atoms with Crippen molar-refractivity contribution in [3.63, 3.8) is 0 Å². The van der Waals surface area contributed by atoms with E-state index in [4.69, 9.17) is 0 Å². The van der Waals surface area contributed by atoms with Crippen LogP contribution >= 0.6 is 8.19 Å². The SMILES string of the molecule is O=c1cccc2pc3ccc4cccc(-c5ccccc5)c4c3c3c(ccc4ccccc43)c1-2. The van der Waals surface area contributed by atoms with Gasteiger partial charge in [-0.1, -0.05) is 105 Å². The Kier molecular flexibility index (Phi) is 4.27. The van der Waals surface area contributed by atoms with Gasteiger partial charge in [0.2, 0.25) is 0 Å². The lowest BCUT2D eigenvalue weighted by molar-refractivity contribution is 1.62. The Labute approximate surface area is 198 Å². The molecule has 7 rings (SSSR count). The van der Waals surface area contributed by atoms with Gasteiger partial charge < -0.3 is 0 Å². The summed E-state index contributed by atoms with van der Waals surface area (Å²) in [5, 5.41) is 10.6. The quantitative estimate of drug-likeness (QED) is 0.244. The molecule has 1 nitrogen and oxygen atoms in total. The van der Waals surface area contributed by atoms with Crippen LogP contribution in [0.2, 0.25) is 0 Å². The molecule has 5 aromatic rings. The molecule has 0 N–H and O–H groups in total. The van der Waals surface area contributed by atoms with Gasteiger partial charge in [0.05, 0.1) is 0 Å². The normalized spacial score (nSPS) is 11.9. The number of hydrogen-bond donors (Lipinski definition) is 0. The van der Waals surface area contributed by atoms with Gasteiger partial charge in [-0.25, -0.2) is 0 Å². The maximum absolute atomic E-state index is 13.2. The summed E-state index contributed by atoms with van der Waals surface area (Å²) in [6, 6.07) is 40.1. The van der Waals surface area contributed by atoms with Crippen LogP contribution in [0.1, 0.15) is 0 Å². The monoisotopic (exact) mass is 450 g/mol. The van der Waals surface area contributed by atoms with Crippen molar-refractivity contribution < 1.29 is 0 Å². The van der Waals surface area contributed by atoms with Crippen molar-refractivity contribution in [2.75, 3.05) is 0 Å². The average molecular weight is 450 g/mol. The van der Waals surface area contributed by atoms with E-state index in [1.54, 1.807) is 6.07 Å². The molecule has 2 heteroatoms. The lowest BCUT2D eigenvalue weighted by atomic mass is 9.91. The van der Waals surface area contributed by atoms with E-state index in [1.807, 2.05) is 6.07 Å². The van der Waals surface area contributed by atoms with Crippen LogP contribution in [-0.4, -0.2) is 0 Å². The van der Waals surface area contributed by atoms with Crippen LogP contribution < -0.4 is 5.43 Å². The van der Waals surface area contributed by atoms with Crippen molar-refractivity contribution in [2.45, 2.75) is 0 Å². The topological polar surface area (TPSA) is 17.1 Å². The summed E-state index contributed by atoms with van der Waals surface area (Å²) in [6.07, 6.45) is 0. The summed E-state index contributed by atoms with van der Waals surface area (Å²) in [7, 11) is 1.06. The van der Waals surface area contributed by atoms with Crippen molar-refractivity contribution >= 4 is 51.0 Å². The minimum Gasteiger partial charge on any atom is -0.289 e. The third-order valence-corrected chi connectivity index (χ3v) is 8.03. The first-order chi connectivity index (χ1) is 16.8. The molecule has 0 spiro atoms. The number of rotatable bonds is 1. The summed E-state index contributed by atoms with van der Waals surface area (Å²) in [4.78, 5) is 13.2. The Morgan fingerprint density at radius 2 is 1.26 bits per heavy atom. The first-order valence-electron chi connectivity index (χ1n) is 11.4. The molecule has 0 saturated heterocycles. The fraction of sp³-hybridized carbons (Fsp3) is 0. The molecule has 0 unspecified atom stereocenters. The van der Waals surface area contributed by atoms with E-state index in [-0.39, 0.29) is 5.43 Å². The summed E-state index contributed by atoms with van der Waals surface area (Å²) >= 11 is 0. The van der Waals surface area contributed by atoms with Crippen LogP contribution in [0.4, 0.5) is 0 Å². The highest BCUT2D eigenvalue weighted by Gasteiger charge is 2.17. The molecule has 0 radical (unpaired) electrons. The van der Waals surface area contributed by atoms with Crippen LogP contribution in [0.15, 0.2) is 120 Å². The van der Waals surface area contributed by atoms with Crippen LogP contribution in [-0.2, 0) is 0 Å². The third-order valence-electron chi connectivity index (χ3n) is 6.80. The molecule has 0 bridgehead atoms. The van der Waals surface area contributed by atoms with Crippen LogP contribution in [0, 0.1) is 0 Å². The van der Waals surface area contributed by atoms with Gasteiger partial charge in [0.15, 0.2) is 5.43 Å². The first-order valence-corrected chi connectivity index (χ1v) is 12.3. The Hall–Kier alpha value is -4.06. The third kappa shape index (κ3) is 2.81. The Morgan fingerprint density at radius 1 is 0.500 bits per heavy atom. The predicted octanol–water partition coefficient (Wildman–Crippen LogP) is 9.01. The van der Waals surface area contributed by atoms with Crippen molar-refractivity contribution in [3.8, 4) is 22.0 Å². The van der Waals surface area contributed by atoms with Gasteiger partial charge in [0, 0.05) is 21.4 Å². The largest absolute Gasteiger partial charge is 0.289 e. The Bertz CT molecular complexity index is 1920. The van der Waals surface area contributed by atoms with Crippen LogP contribution in [0.3, 0.4) is 0 Å². The molecule has 0 atom stereocenters. The standard InChI is InChI=1S/C32H19OP/c33-26-14-7-15-27-31(26)25-18-16-21-10-4-5-12-24(21)30(25)32-28(34-27)19-17-22-11-6-13-23(29(22)32)20-8-2-1-3-9-20/h1-19H. The molecule has 0 aromatic heterocycles. The molecular formula is C32H19OP. The van der Waals surface area contributed by atoms with Gasteiger partial charge in [0.25, 0.3) is 0 Å². The Balaban J connectivity index is 1.88. The highest BCUT2D eigenvalue weighted by Crippen LogP contribution is 2.46. The molecular weight excluding hydrogens is 431 g/mol. The van der Waals surface area contributed by atoms with E-state index in [9.17, 15) is 4.79 Å². The molecule has 158 valence electrons. The zero-order valence-corrected chi connectivity index (χ0v) is 19.2. The van der Waals surface area contributed by atoms with Gasteiger partial charge in [-0.2, -0.15) is 0 Å². The number of fused-ring (bicyclic) bond motifs is 9. The molecule has 0 saturated carbocycles. The van der Waals surface area contributed by atoms with Crippen molar-refractivity contribution in [3.05, 3.63) is 125 Å².